The van der Waals surface area contributed by atoms with Gasteiger partial charge >= 0.3 is 0 Å². The monoisotopic (exact) mass is 301 g/mol. The summed E-state index contributed by atoms with van der Waals surface area (Å²) in [5.41, 5.74) is 0.635. The summed E-state index contributed by atoms with van der Waals surface area (Å²) in [4.78, 5) is 26.2. The zero-order valence-corrected chi connectivity index (χ0v) is 13.3. The molecule has 0 bridgehead atoms. The van der Waals surface area contributed by atoms with Crippen LogP contribution < -0.4 is 9.64 Å². The first-order chi connectivity index (χ1) is 10.5. The Morgan fingerprint density at radius 3 is 2.27 bits per heavy atom. The van der Waals surface area contributed by atoms with Crippen molar-refractivity contribution in [1.29, 1.82) is 0 Å². The van der Waals surface area contributed by atoms with Gasteiger partial charge in [0.1, 0.15) is 11.5 Å². The van der Waals surface area contributed by atoms with Gasteiger partial charge in [0.05, 0.1) is 11.5 Å². The normalized spacial score (nSPS) is 21.0. The molecule has 1 aliphatic carbocycles. The molecule has 3 rings (SSSR count). The second-order valence-electron chi connectivity index (χ2n) is 6.69. The summed E-state index contributed by atoms with van der Waals surface area (Å²) < 4.78 is 5.64. The van der Waals surface area contributed by atoms with Crippen molar-refractivity contribution in [3.8, 4) is 5.75 Å². The number of carbonyl (C=O) groups is 2. The molecule has 1 aromatic carbocycles. The predicted octanol–water partition coefficient (Wildman–Crippen LogP) is 3.34. The number of benzene rings is 1. The number of anilines is 1. The van der Waals surface area contributed by atoms with Gasteiger partial charge in [0.25, 0.3) is 0 Å². The first kappa shape index (κ1) is 15.1. The summed E-state index contributed by atoms with van der Waals surface area (Å²) in [6.45, 7) is 4.73. The molecule has 1 saturated carbocycles. The molecule has 0 aromatic heterocycles. The minimum atomic E-state index is -0.291. The highest BCUT2D eigenvalue weighted by molar-refractivity contribution is 6.01. The van der Waals surface area contributed by atoms with E-state index in [4.69, 9.17) is 4.74 Å². The maximum atomic E-state index is 12.8. The lowest BCUT2D eigenvalue weighted by molar-refractivity contribution is -0.130. The SMILES string of the molecule is CC(C)Oc1ccc(N2CCC3(CCC(=O)CC3)C2=O)cc1. The van der Waals surface area contributed by atoms with Gasteiger partial charge in [0.2, 0.25) is 5.91 Å². The smallest absolute Gasteiger partial charge is 0.233 e. The fourth-order valence-electron chi connectivity index (χ4n) is 3.52. The molecule has 0 N–H and O–H groups in total. The number of amides is 1. The summed E-state index contributed by atoms with van der Waals surface area (Å²) in [5, 5.41) is 0. The minimum absolute atomic E-state index is 0.141. The van der Waals surface area contributed by atoms with E-state index in [1.54, 1.807) is 0 Å². The number of Topliss-reactive ketones (excluding diaryl/α,β-unsaturated/α-hetero) is 1. The molecular formula is C18H23NO3. The van der Waals surface area contributed by atoms with E-state index >= 15 is 0 Å². The van der Waals surface area contributed by atoms with Crippen molar-refractivity contribution in [2.45, 2.75) is 52.1 Å². The Balaban J connectivity index is 1.73. The number of hydrogen-bond donors (Lipinski definition) is 0. The van der Waals surface area contributed by atoms with Gasteiger partial charge in [-0.2, -0.15) is 0 Å². The molecule has 4 nitrogen and oxygen atoms in total. The molecule has 1 amide bonds. The van der Waals surface area contributed by atoms with Crippen LogP contribution in [-0.4, -0.2) is 24.3 Å². The van der Waals surface area contributed by atoms with Crippen LogP contribution in [0.15, 0.2) is 24.3 Å². The Hall–Kier alpha value is -1.84. The summed E-state index contributed by atoms with van der Waals surface area (Å²) in [6.07, 6.45) is 3.55. The van der Waals surface area contributed by atoms with Gasteiger partial charge in [-0.1, -0.05) is 0 Å². The van der Waals surface area contributed by atoms with Crippen molar-refractivity contribution in [2.75, 3.05) is 11.4 Å². The van der Waals surface area contributed by atoms with Crippen molar-refractivity contribution in [1.82, 2.24) is 0 Å². The van der Waals surface area contributed by atoms with Gasteiger partial charge in [-0.15, -0.1) is 0 Å². The Kier molecular flexibility index (Phi) is 3.94. The molecule has 0 atom stereocenters. The molecule has 118 valence electrons. The Morgan fingerprint density at radius 1 is 1.05 bits per heavy atom. The van der Waals surface area contributed by atoms with Crippen LogP contribution in [-0.2, 0) is 9.59 Å². The second kappa shape index (κ2) is 5.75. The second-order valence-corrected chi connectivity index (χ2v) is 6.69. The topological polar surface area (TPSA) is 46.6 Å². The lowest BCUT2D eigenvalue weighted by atomic mass is 9.72. The molecule has 4 heteroatoms. The molecule has 1 heterocycles. The highest BCUT2D eigenvalue weighted by Crippen LogP contribution is 2.45. The Labute approximate surface area is 131 Å². The van der Waals surface area contributed by atoms with Crippen LogP contribution in [0.2, 0.25) is 0 Å². The van der Waals surface area contributed by atoms with Crippen molar-refractivity contribution in [2.24, 2.45) is 5.41 Å². The van der Waals surface area contributed by atoms with Crippen molar-refractivity contribution >= 4 is 17.4 Å². The zero-order chi connectivity index (χ0) is 15.7. The molecule has 0 unspecified atom stereocenters. The van der Waals surface area contributed by atoms with Crippen molar-refractivity contribution in [3.05, 3.63) is 24.3 Å². The fourth-order valence-corrected chi connectivity index (χ4v) is 3.52. The standard InChI is InChI=1S/C18H23NO3/c1-13(2)22-16-5-3-14(4-6-16)19-12-11-18(17(19)21)9-7-15(20)8-10-18/h3-6,13H,7-12H2,1-2H3. The average molecular weight is 301 g/mol. The van der Waals surface area contributed by atoms with Crippen LogP contribution in [0.3, 0.4) is 0 Å². The third-order valence-corrected chi connectivity index (χ3v) is 4.80. The molecule has 1 spiro atoms. The van der Waals surface area contributed by atoms with Crippen LogP contribution in [0.1, 0.15) is 46.0 Å². The number of carbonyl (C=O) groups excluding carboxylic acids is 2. The average Bonchev–Trinajstić information content (AvgIpc) is 2.80. The van der Waals surface area contributed by atoms with E-state index in [1.165, 1.54) is 0 Å². The largest absolute Gasteiger partial charge is 0.491 e. The molecule has 0 radical (unpaired) electrons. The maximum absolute atomic E-state index is 12.8. The molecule has 22 heavy (non-hydrogen) atoms. The first-order valence-electron chi connectivity index (χ1n) is 8.11. The third kappa shape index (κ3) is 2.74. The van der Waals surface area contributed by atoms with Crippen molar-refractivity contribution in [3.63, 3.8) is 0 Å². The highest BCUT2D eigenvalue weighted by atomic mass is 16.5. The maximum Gasteiger partial charge on any atom is 0.233 e. The summed E-state index contributed by atoms with van der Waals surface area (Å²) in [7, 11) is 0. The van der Waals surface area contributed by atoms with Gasteiger partial charge in [-0.25, -0.2) is 0 Å². The summed E-state index contributed by atoms with van der Waals surface area (Å²) >= 11 is 0. The number of nitrogens with zero attached hydrogens (tertiary/aromatic N) is 1. The number of rotatable bonds is 3. The molecule has 2 fully saturated rings. The highest BCUT2D eigenvalue weighted by Gasteiger charge is 2.48. The Morgan fingerprint density at radius 2 is 1.68 bits per heavy atom. The quantitative estimate of drug-likeness (QED) is 0.860. The zero-order valence-electron chi connectivity index (χ0n) is 13.3. The minimum Gasteiger partial charge on any atom is -0.491 e. The van der Waals surface area contributed by atoms with E-state index in [-0.39, 0.29) is 17.4 Å². The van der Waals surface area contributed by atoms with Crippen molar-refractivity contribution < 1.29 is 14.3 Å². The van der Waals surface area contributed by atoms with Gasteiger partial charge in [0, 0.05) is 25.1 Å². The predicted molar refractivity (Wildman–Crippen MR) is 85.1 cm³/mol. The molecule has 1 aromatic rings. The van der Waals surface area contributed by atoms with E-state index in [9.17, 15) is 9.59 Å². The summed E-state index contributed by atoms with van der Waals surface area (Å²) in [5.74, 6) is 1.31. The first-order valence-corrected chi connectivity index (χ1v) is 8.11. The van der Waals surface area contributed by atoms with Crippen LogP contribution in [0, 0.1) is 5.41 Å². The van der Waals surface area contributed by atoms with E-state index < -0.39 is 0 Å². The molecule has 2 aliphatic rings. The van der Waals surface area contributed by atoms with Gasteiger partial charge in [-0.05, 0) is 57.4 Å². The Bertz CT molecular complexity index is 566. The van der Waals surface area contributed by atoms with Crippen LogP contribution in [0.25, 0.3) is 0 Å². The number of hydrogen-bond acceptors (Lipinski definition) is 3. The fraction of sp³-hybridized carbons (Fsp3) is 0.556. The van der Waals surface area contributed by atoms with E-state index in [0.29, 0.717) is 18.6 Å². The summed E-state index contributed by atoms with van der Waals surface area (Å²) in [6, 6.07) is 7.72. The van der Waals surface area contributed by atoms with Crippen LogP contribution in [0.4, 0.5) is 5.69 Å². The van der Waals surface area contributed by atoms with E-state index in [2.05, 4.69) is 0 Å². The van der Waals surface area contributed by atoms with E-state index in [0.717, 1.165) is 37.2 Å². The molecular weight excluding hydrogens is 278 g/mol. The van der Waals surface area contributed by atoms with Gasteiger partial charge in [0.15, 0.2) is 0 Å². The number of ether oxygens (including phenoxy) is 1. The van der Waals surface area contributed by atoms with Crippen LogP contribution >= 0.6 is 0 Å². The van der Waals surface area contributed by atoms with Gasteiger partial charge in [-0.3, -0.25) is 9.59 Å². The van der Waals surface area contributed by atoms with E-state index in [1.807, 2.05) is 43.0 Å². The molecule has 1 saturated heterocycles. The van der Waals surface area contributed by atoms with Crippen LogP contribution in [0.5, 0.6) is 5.75 Å². The van der Waals surface area contributed by atoms with Gasteiger partial charge < -0.3 is 9.64 Å². The number of ketones is 1. The lowest BCUT2D eigenvalue weighted by Gasteiger charge is -2.31. The molecule has 1 aliphatic heterocycles. The lowest BCUT2D eigenvalue weighted by Crippen LogP contribution is -2.37. The third-order valence-electron chi connectivity index (χ3n) is 4.80.